The van der Waals surface area contributed by atoms with Crippen LogP contribution in [0.5, 0.6) is 0 Å². The maximum atomic E-state index is 10.3. The molecule has 0 aromatic heterocycles. The number of hydrogen-bond donors (Lipinski definition) is 1. The highest BCUT2D eigenvalue weighted by Gasteiger charge is 1.97. The van der Waals surface area contributed by atoms with E-state index in [0.29, 0.717) is 19.5 Å². The van der Waals surface area contributed by atoms with Crippen LogP contribution in [0.1, 0.15) is 96.3 Å². The van der Waals surface area contributed by atoms with Gasteiger partial charge < -0.3 is 9.84 Å². The van der Waals surface area contributed by atoms with Gasteiger partial charge in [-0.25, -0.2) is 0 Å². The van der Waals surface area contributed by atoms with Crippen molar-refractivity contribution in [2.45, 2.75) is 96.3 Å². The van der Waals surface area contributed by atoms with Crippen molar-refractivity contribution in [1.29, 1.82) is 0 Å². The van der Waals surface area contributed by atoms with E-state index in [1.165, 1.54) is 64.2 Å². The molecule has 1 N–H and O–H groups in total. The average Bonchev–Trinajstić information content (AvgIpc) is 2.50. The van der Waals surface area contributed by atoms with Crippen LogP contribution in [0.15, 0.2) is 0 Å². The topological polar surface area (TPSA) is 63.6 Å². The quantitative estimate of drug-likeness (QED) is 0.282. The van der Waals surface area contributed by atoms with Crippen LogP contribution in [-0.4, -0.2) is 24.2 Å². The summed E-state index contributed by atoms with van der Waals surface area (Å²) in [5.74, 6) is -0.672. The van der Waals surface area contributed by atoms with Crippen LogP contribution in [0, 0.1) is 0 Å². The Kier molecular flexibility index (Phi) is 17.1. The summed E-state index contributed by atoms with van der Waals surface area (Å²) in [6.07, 6.45) is 17.3. The first-order valence-electron chi connectivity index (χ1n) is 9.04. The van der Waals surface area contributed by atoms with Crippen LogP contribution in [0.25, 0.3) is 0 Å². The number of unbranched alkanes of at least 4 members (excludes halogenated alkanes) is 13. The molecule has 0 rings (SSSR count). The molecule has 0 spiro atoms. The molecule has 4 nitrogen and oxygen atoms in total. The number of hydrogen-bond acceptors (Lipinski definition) is 3. The first kappa shape index (κ1) is 20.9. The van der Waals surface area contributed by atoms with Gasteiger partial charge >= 0.3 is 5.97 Å². The Labute approximate surface area is 135 Å². The molecular weight excluding hydrogens is 280 g/mol. The molecule has 0 saturated heterocycles. The van der Waals surface area contributed by atoms with E-state index in [4.69, 9.17) is 5.11 Å². The molecule has 0 heterocycles. The van der Waals surface area contributed by atoms with E-state index in [1.54, 1.807) is 0 Å². The number of ether oxygens (including phenoxy) is 1. The first-order valence-corrected chi connectivity index (χ1v) is 9.04. The van der Waals surface area contributed by atoms with Gasteiger partial charge in [-0.15, -0.1) is 0 Å². The highest BCUT2D eigenvalue weighted by molar-refractivity contribution is 5.66. The van der Waals surface area contributed by atoms with Gasteiger partial charge in [-0.05, 0) is 12.8 Å². The Morgan fingerprint density at radius 2 is 1.05 bits per heavy atom. The highest BCUT2D eigenvalue weighted by Crippen LogP contribution is 2.13. The molecule has 0 aromatic carbocycles. The zero-order valence-electron chi connectivity index (χ0n) is 14.1. The molecule has 22 heavy (non-hydrogen) atoms. The lowest BCUT2D eigenvalue weighted by Gasteiger charge is -2.03. The Hall–Kier alpha value is -1.06. The minimum absolute atomic E-state index is 0.324. The molecule has 0 bridgehead atoms. The number of aliphatic carboxylic acids is 1. The van der Waals surface area contributed by atoms with Crippen molar-refractivity contribution < 1.29 is 19.4 Å². The summed E-state index contributed by atoms with van der Waals surface area (Å²) >= 11 is 0. The number of carboxylic acid groups (broad SMARTS) is 1. The van der Waals surface area contributed by atoms with E-state index in [1.807, 2.05) is 0 Å². The summed E-state index contributed by atoms with van der Waals surface area (Å²) in [7, 11) is 0. The fraction of sp³-hybridized carbons (Fsp3) is 0.889. The van der Waals surface area contributed by atoms with Gasteiger partial charge in [-0.1, -0.05) is 77.0 Å². The molecule has 130 valence electrons. The molecule has 4 heteroatoms. The minimum atomic E-state index is -0.672. The fourth-order valence-electron chi connectivity index (χ4n) is 2.63. The van der Waals surface area contributed by atoms with Crippen LogP contribution < -0.4 is 0 Å². The normalized spacial score (nSPS) is 10.5. The van der Waals surface area contributed by atoms with Gasteiger partial charge in [0.05, 0.1) is 6.61 Å². The van der Waals surface area contributed by atoms with Crippen molar-refractivity contribution >= 4 is 12.4 Å². The lowest BCUT2D eigenvalue weighted by molar-refractivity contribution is -0.137. The van der Waals surface area contributed by atoms with Gasteiger partial charge in [0.25, 0.3) is 6.47 Å². The third kappa shape index (κ3) is 18.9. The molecule has 0 amide bonds. The van der Waals surface area contributed by atoms with Crippen molar-refractivity contribution in [3.63, 3.8) is 0 Å². The van der Waals surface area contributed by atoms with E-state index in [0.717, 1.165) is 25.7 Å². The fourth-order valence-corrected chi connectivity index (χ4v) is 2.63. The van der Waals surface area contributed by atoms with E-state index >= 15 is 0 Å². The van der Waals surface area contributed by atoms with Crippen LogP contribution in [0.2, 0.25) is 0 Å². The molecule has 0 aliphatic heterocycles. The van der Waals surface area contributed by atoms with Gasteiger partial charge in [-0.2, -0.15) is 0 Å². The molecule has 0 saturated carbocycles. The van der Waals surface area contributed by atoms with Gasteiger partial charge in [0.2, 0.25) is 0 Å². The van der Waals surface area contributed by atoms with Crippen molar-refractivity contribution in [2.75, 3.05) is 6.61 Å². The Bertz CT molecular complexity index is 253. The summed E-state index contributed by atoms with van der Waals surface area (Å²) < 4.78 is 4.65. The molecule has 0 aromatic rings. The zero-order valence-corrected chi connectivity index (χ0v) is 14.1. The SMILES string of the molecule is O=COCCCCCCCCCCCCCCCCC(=O)O. The standard InChI is InChI=1S/C18H34O4/c19-17-22-16-14-12-10-8-6-4-2-1-3-5-7-9-11-13-15-18(20)21/h17H,1-16H2,(H,20,21). The molecule has 0 atom stereocenters. The number of carbonyl (C=O) groups excluding carboxylic acids is 1. The zero-order chi connectivity index (χ0) is 16.3. The first-order chi connectivity index (χ1) is 10.8. The predicted octanol–water partition coefficient (Wildman–Crippen LogP) is 5.10. The van der Waals surface area contributed by atoms with E-state index in [-0.39, 0.29) is 0 Å². The second-order valence-corrected chi connectivity index (χ2v) is 6.06. The summed E-state index contributed by atoms with van der Waals surface area (Å²) in [4.78, 5) is 20.3. The highest BCUT2D eigenvalue weighted by atomic mass is 16.5. The van der Waals surface area contributed by atoms with E-state index < -0.39 is 5.97 Å². The monoisotopic (exact) mass is 314 g/mol. The molecule has 0 aliphatic carbocycles. The predicted molar refractivity (Wildman–Crippen MR) is 88.9 cm³/mol. The van der Waals surface area contributed by atoms with Crippen molar-refractivity contribution in [3.8, 4) is 0 Å². The van der Waals surface area contributed by atoms with Gasteiger partial charge in [-0.3, -0.25) is 9.59 Å². The number of carboxylic acids is 1. The summed E-state index contributed by atoms with van der Waals surface area (Å²) in [6, 6.07) is 0. The van der Waals surface area contributed by atoms with Crippen LogP contribution in [0.4, 0.5) is 0 Å². The Balaban J connectivity index is 2.97. The second-order valence-electron chi connectivity index (χ2n) is 6.06. The van der Waals surface area contributed by atoms with Crippen molar-refractivity contribution in [3.05, 3.63) is 0 Å². The van der Waals surface area contributed by atoms with Crippen molar-refractivity contribution in [2.24, 2.45) is 0 Å². The van der Waals surface area contributed by atoms with Crippen LogP contribution in [-0.2, 0) is 14.3 Å². The van der Waals surface area contributed by atoms with E-state index in [2.05, 4.69) is 4.74 Å². The Morgan fingerprint density at radius 1 is 0.682 bits per heavy atom. The Morgan fingerprint density at radius 3 is 1.41 bits per heavy atom. The lowest BCUT2D eigenvalue weighted by Crippen LogP contribution is -1.93. The molecule has 0 aliphatic rings. The molecule has 0 fully saturated rings. The third-order valence-electron chi connectivity index (χ3n) is 3.97. The lowest BCUT2D eigenvalue weighted by atomic mass is 10.0. The molecular formula is C18H34O4. The van der Waals surface area contributed by atoms with Crippen molar-refractivity contribution in [1.82, 2.24) is 0 Å². The van der Waals surface area contributed by atoms with E-state index in [9.17, 15) is 9.59 Å². The summed E-state index contributed by atoms with van der Waals surface area (Å²) in [6.45, 7) is 1.09. The summed E-state index contributed by atoms with van der Waals surface area (Å²) in [5.41, 5.74) is 0. The molecule has 0 unspecified atom stereocenters. The maximum Gasteiger partial charge on any atom is 0.303 e. The smallest absolute Gasteiger partial charge is 0.303 e. The average molecular weight is 314 g/mol. The maximum absolute atomic E-state index is 10.3. The summed E-state index contributed by atoms with van der Waals surface area (Å²) in [5, 5.41) is 8.52. The van der Waals surface area contributed by atoms with Gasteiger partial charge in [0, 0.05) is 6.42 Å². The number of carbonyl (C=O) groups is 2. The van der Waals surface area contributed by atoms with Crippen LogP contribution >= 0.6 is 0 Å². The largest absolute Gasteiger partial charge is 0.481 e. The van der Waals surface area contributed by atoms with Gasteiger partial charge in [0.15, 0.2) is 0 Å². The van der Waals surface area contributed by atoms with Crippen LogP contribution in [0.3, 0.4) is 0 Å². The second kappa shape index (κ2) is 18.0. The molecule has 0 radical (unpaired) electrons. The third-order valence-corrected chi connectivity index (χ3v) is 3.97. The minimum Gasteiger partial charge on any atom is -0.481 e. The number of rotatable bonds is 18. The van der Waals surface area contributed by atoms with Gasteiger partial charge in [0.1, 0.15) is 0 Å².